The van der Waals surface area contributed by atoms with Crippen molar-refractivity contribution >= 4 is 0 Å². The topological polar surface area (TPSA) is 21.3 Å². The molecule has 2 heteroatoms. The lowest BCUT2D eigenvalue weighted by Crippen LogP contribution is -2.30. The first-order valence-electron chi connectivity index (χ1n) is 7.49. The lowest BCUT2D eigenvalue weighted by atomic mass is 9.95. The van der Waals surface area contributed by atoms with Crippen LogP contribution in [-0.4, -0.2) is 26.8 Å². The largest absolute Gasteiger partial charge is 0.384 e. The molecule has 0 spiro atoms. The van der Waals surface area contributed by atoms with E-state index in [9.17, 15) is 0 Å². The van der Waals surface area contributed by atoms with Crippen LogP contribution in [0.3, 0.4) is 0 Å². The zero-order chi connectivity index (χ0) is 13.7. The standard InChI is InChI=1S/C17H27NO/c1-13(12-19-3)9-17(18-2)11-14-7-8-15-5-4-6-16(15)10-14/h7-8,10,13,17-18H,4-6,9,11-12H2,1-3H3. The number of nitrogens with one attached hydrogen (secondary N) is 1. The Labute approximate surface area is 117 Å². The van der Waals surface area contributed by atoms with E-state index in [1.807, 2.05) is 0 Å². The molecule has 0 saturated carbocycles. The van der Waals surface area contributed by atoms with Crippen molar-refractivity contribution in [3.63, 3.8) is 0 Å². The molecule has 0 amide bonds. The number of hydrogen-bond acceptors (Lipinski definition) is 2. The van der Waals surface area contributed by atoms with Gasteiger partial charge in [-0.05, 0) is 61.8 Å². The molecule has 2 nitrogen and oxygen atoms in total. The minimum absolute atomic E-state index is 0.546. The van der Waals surface area contributed by atoms with Crippen LogP contribution in [0.15, 0.2) is 18.2 Å². The molecule has 106 valence electrons. The van der Waals surface area contributed by atoms with Crippen molar-refractivity contribution in [2.45, 2.75) is 45.1 Å². The van der Waals surface area contributed by atoms with Crippen LogP contribution in [0, 0.1) is 5.92 Å². The fraction of sp³-hybridized carbons (Fsp3) is 0.647. The summed E-state index contributed by atoms with van der Waals surface area (Å²) in [5.41, 5.74) is 4.62. The second-order valence-corrected chi connectivity index (χ2v) is 5.94. The van der Waals surface area contributed by atoms with Gasteiger partial charge < -0.3 is 10.1 Å². The molecule has 0 aliphatic heterocycles. The van der Waals surface area contributed by atoms with Gasteiger partial charge in [-0.3, -0.25) is 0 Å². The van der Waals surface area contributed by atoms with Gasteiger partial charge in [-0.1, -0.05) is 25.1 Å². The number of aryl methyl sites for hydroxylation is 2. The summed E-state index contributed by atoms with van der Waals surface area (Å²) in [4.78, 5) is 0. The molecular weight excluding hydrogens is 234 g/mol. The Morgan fingerprint density at radius 3 is 2.79 bits per heavy atom. The Balaban J connectivity index is 1.94. The molecular formula is C17H27NO. The number of ether oxygens (including phenoxy) is 1. The number of likely N-dealkylation sites (N-methyl/N-ethyl adjacent to an activating group) is 1. The summed E-state index contributed by atoms with van der Waals surface area (Å²) in [6, 6.07) is 7.62. The molecule has 1 N–H and O–H groups in total. The van der Waals surface area contributed by atoms with E-state index in [4.69, 9.17) is 4.74 Å². The quantitative estimate of drug-likeness (QED) is 0.815. The molecule has 0 radical (unpaired) electrons. The summed E-state index contributed by atoms with van der Waals surface area (Å²) in [5, 5.41) is 3.45. The molecule has 1 aliphatic carbocycles. The van der Waals surface area contributed by atoms with Crippen LogP contribution in [0.25, 0.3) is 0 Å². The van der Waals surface area contributed by atoms with Gasteiger partial charge in [0.05, 0.1) is 0 Å². The number of benzene rings is 1. The Hall–Kier alpha value is -0.860. The van der Waals surface area contributed by atoms with Gasteiger partial charge in [0.1, 0.15) is 0 Å². The van der Waals surface area contributed by atoms with Gasteiger partial charge in [-0.2, -0.15) is 0 Å². The van der Waals surface area contributed by atoms with Gasteiger partial charge in [-0.25, -0.2) is 0 Å². The minimum Gasteiger partial charge on any atom is -0.384 e. The molecule has 0 bridgehead atoms. The highest BCUT2D eigenvalue weighted by atomic mass is 16.5. The molecule has 0 aromatic heterocycles. The van der Waals surface area contributed by atoms with Crippen LogP contribution in [0.2, 0.25) is 0 Å². The van der Waals surface area contributed by atoms with Crippen molar-refractivity contribution in [2.75, 3.05) is 20.8 Å². The Bertz CT molecular complexity index is 402. The first kappa shape index (κ1) is 14.5. The molecule has 1 aromatic carbocycles. The maximum Gasteiger partial charge on any atom is 0.0488 e. The molecule has 19 heavy (non-hydrogen) atoms. The number of fused-ring (bicyclic) bond motifs is 1. The highest BCUT2D eigenvalue weighted by molar-refractivity contribution is 5.35. The highest BCUT2D eigenvalue weighted by Crippen LogP contribution is 2.23. The molecule has 1 aliphatic rings. The van der Waals surface area contributed by atoms with E-state index in [1.165, 1.54) is 31.2 Å². The maximum absolute atomic E-state index is 5.23. The van der Waals surface area contributed by atoms with Crippen LogP contribution in [0.5, 0.6) is 0 Å². The predicted molar refractivity (Wildman–Crippen MR) is 80.7 cm³/mol. The first-order valence-corrected chi connectivity index (χ1v) is 7.49. The number of rotatable bonds is 7. The second kappa shape index (κ2) is 7.06. The van der Waals surface area contributed by atoms with Crippen molar-refractivity contribution in [2.24, 2.45) is 5.92 Å². The van der Waals surface area contributed by atoms with E-state index >= 15 is 0 Å². The zero-order valence-electron chi connectivity index (χ0n) is 12.5. The van der Waals surface area contributed by atoms with Crippen LogP contribution in [0.1, 0.15) is 36.5 Å². The fourth-order valence-corrected chi connectivity index (χ4v) is 3.18. The summed E-state index contributed by atoms with van der Waals surface area (Å²) in [7, 11) is 3.85. The first-order chi connectivity index (χ1) is 9.22. The van der Waals surface area contributed by atoms with Crippen molar-refractivity contribution in [3.05, 3.63) is 34.9 Å². The summed E-state index contributed by atoms with van der Waals surface area (Å²) >= 11 is 0. The summed E-state index contributed by atoms with van der Waals surface area (Å²) in [6.07, 6.45) is 6.17. The summed E-state index contributed by atoms with van der Waals surface area (Å²) < 4.78 is 5.23. The van der Waals surface area contributed by atoms with Gasteiger partial charge in [0, 0.05) is 19.8 Å². The average molecular weight is 261 g/mol. The highest BCUT2D eigenvalue weighted by Gasteiger charge is 2.15. The normalized spacial score (nSPS) is 17.2. The third-order valence-corrected chi connectivity index (χ3v) is 4.19. The molecule has 0 heterocycles. The van der Waals surface area contributed by atoms with E-state index in [1.54, 1.807) is 18.2 Å². The van der Waals surface area contributed by atoms with E-state index in [0.29, 0.717) is 12.0 Å². The summed E-state index contributed by atoms with van der Waals surface area (Å²) in [5.74, 6) is 0.608. The van der Waals surface area contributed by atoms with Crippen LogP contribution >= 0.6 is 0 Å². The monoisotopic (exact) mass is 261 g/mol. The Kier molecular flexibility index (Phi) is 5.41. The minimum atomic E-state index is 0.546. The van der Waals surface area contributed by atoms with E-state index in [-0.39, 0.29) is 0 Å². The maximum atomic E-state index is 5.23. The fourth-order valence-electron chi connectivity index (χ4n) is 3.18. The molecule has 1 aromatic rings. The number of hydrogen-bond donors (Lipinski definition) is 1. The van der Waals surface area contributed by atoms with Crippen LogP contribution in [-0.2, 0) is 24.0 Å². The zero-order valence-corrected chi connectivity index (χ0v) is 12.5. The Morgan fingerprint density at radius 2 is 2.05 bits per heavy atom. The third kappa shape index (κ3) is 4.05. The molecule has 0 saturated heterocycles. The van der Waals surface area contributed by atoms with Crippen molar-refractivity contribution in [1.82, 2.24) is 5.32 Å². The predicted octanol–water partition coefficient (Wildman–Crippen LogP) is 2.98. The number of methoxy groups -OCH3 is 1. The van der Waals surface area contributed by atoms with E-state index in [0.717, 1.165) is 13.0 Å². The summed E-state index contributed by atoms with van der Waals surface area (Å²) in [6.45, 7) is 3.11. The molecule has 0 fully saturated rings. The third-order valence-electron chi connectivity index (χ3n) is 4.19. The van der Waals surface area contributed by atoms with Crippen molar-refractivity contribution in [1.29, 1.82) is 0 Å². The van der Waals surface area contributed by atoms with Gasteiger partial charge >= 0.3 is 0 Å². The average Bonchev–Trinajstić information content (AvgIpc) is 2.85. The second-order valence-electron chi connectivity index (χ2n) is 5.94. The lowest BCUT2D eigenvalue weighted by Gasteiger charge is -2.20. The van der Waals surface area contributed by atoms with E-state index in [2.05, 4.69) is 37.5 Å². The van der Waals surface area contributed by atoms with Crippen LogP contribution in [0.4, 0.5) is 0 Å². The molecule has 2 rings (SSSR count). The van der Waals surface area contributed by atoms with Crippen molar-refractivity contribution in [3.8, 4) is 0 Å². The SMILES string of the molecule is CNC(Cc1ccc2c(c1)CCC2)CC(C)COC. The Morgan fingerprint density at radius 1 is 1.26 bits per heavy atom. The lowest BCUT2D eigenvalue weighted by molar-refractivity contribution is 0.150. The van der Waals surface area contributed by atoms with Crippen LogP contribution < -0.4 is 5.32 Å². The van der Waals surface area contributed by atoms with Gasteiger partial charge in [0.15, 0.2) is 0 Å². The van der Waals surface area contributed by atoms with E-state index < -0.39 is 0 Å². The molecule has 2 atom stereocenters. The van der Waals surface area contributed by atoms with Gasteiger partial charge in [-0.15, -0.1) is 0 Å². The molecule has 2 unspecified atom stereocenters. The van der Waals surface area contributed by atoms with Gasteiger partial charge in [0.25, 0.3) is 0 Å². The smallest absolute Gasteiger partial charge is 0.0488 e. The van der Waals surface area contributed by atoms with Gasteiger partial charge in [0.2, 0.25) is 0 Å². The van der Waals surface area contributed by atoms with Crippen molar-refractivity contribution < 1.29 is 4.74 Å².